The number of fused-ring (bicyclic) bond motifs is 2. The molecule has 0 amide bonds. The minimum Gasteiger partial charge on any atom is -0.469 e. The number of carbonyl (C=O) groups is 1. The van der Waals surface area contributed by atoms with Crippen LogP contribution in [-0.4, -0.2) is 19.1 Å². The molecule has 0 heterocycles. The van der Waals surface area contributed by atoms with Gasteiger partial charge in [0.25, 0.3) is 0 Å². The van der Waals surface area contributed by atoms with Gasteiger partial charge in [-0.2, -0.15) is 0 Å². The summed E-state index contributed by atoms with van der Waals surface area (Å²) in [5, 5.41) is 0. The van der Waals surface area contributed by atoms with E-state index in [0.29, 0.717) is 5.92 Å². The first-order valence-electron chi connectivity index (χ1n) is 5.50. The van der Waals surface area contributed by atoms with Gasteiger partial charge in [0.2, 0.25) is 0 Å². The molecule has 0 aliphatic heterocycles. The summed E-state index contributed by atoms with van der Waals surface area (Å²) < 4.78 is 4.92. The number of rotatable bonds is 1. The van der Waals surface area contributed by atoms with Gasteiger partial charge in [-0.15, -0.1) is 0 Å². The number of ether oxygens (including phenoxy) is 1. The third kappa shape index (κ3) is 2.17. The van der Waals surface area contributed by atoms with Crippen LogP contribution < -0.4 is 5.73 Å². The monoisotopic (exact) mass is 211 g/mol. The zero-order chi connectivity index (χ0) is 10.2. The predicted octanol–water partition coefficient (Wildman–Crippen LogP) is 1.78. The molecule has 3 unspecified atom stereocenters. The van der Waals surface area contributed by atoms with Crippen molar-refractivity contribution in [2.24, 2.45) is 17.1 Å². The van der Waals surface area contributed by atoms with Gasteiger partial charge in [-0.3, -0.25) is 4.79 Å². The van der Waals surface area contributed by atoms with Crippen LogP contribution in [0.25, 0.3) is 0 Å². The SMILES string of the molecule is COC(=O)C12CCCC(CC(N)C1)C2.[CH2]. The molecule has 2 aliphatic rings. The maximum Gasteiger partial charge on any atom is 0.311 e. The number of carbonyl (C=O) groups excluding carboxylic acids is 1. The van der Waals surface area contributed by atoms with Crippen molar-refractivity contribution in [1.29, 1.82) is 0 Å². The van der Waals surface area contributed by atoms with E-state index in [1.54, 1.807) is 0 Å². The van der Waals surface area contributed by atoms with E-state index in [1.165, 1.54) is 13.5 Å². The van der Waals surface area contributed by atoms with Crippen molar-refractivity contribution < 1.29 is 9.53 Å². The maximum atomic E-state index is 11.8. The summed E-state index contributed by atoms with van der Waals surface area (Å²) in [5.41, 5.74) is 5.77. The van der Waals surface area contributed by atoms with E-state index in [0.717, 1.165) is 32.1 Å². The van der Waals surface area contributed by atoms with Gasteiger partial charge in [0, 0.05) is 6.04 Å². The van der Waals surface area contributed by atoms with Crippen LogP contribution in [-0.2, 0) is 9.53 Å². The molecule has 2 bridgehead atoms. The third-order valence-electron chi connectivity index (χ3n) is 3.85. The molecule has 3 heteroatoms. The predicted molar refractivity (Wildman–Crippen MR) is 59.0 cm³/mol. The topological polar surface area (TPSA) is 52.3 Å². The number of nitrogens with two attached hydrogens (primary N) is 1. The number of methoxy groups -OCH3 is 1. The molecular weight excluding hydrogens is 190 g/mol. The van der Waals surface area contributed by atoms with Gasteiger partial charge in [0.15, 0.2) is 0 Å². The Bertz CT molecular complexity index is 238. The first-order valence-corrected chi connectivity index (χ1v) is 5.50. The molecule has 0 aromatic carbocycles. The quantitative estimate of drug-likeness (QED) is 0.673. The minimum atomic E-state index is -0.227. The van der Waals surface area contributed by atoms with E-state index in [2.05, 4.69) is 0 Å². The van der Waals surface area contributed by atoms with E-state index in [4.69, 9.17) is 10.5 Å². The molecule has 2 aliphatic carbocycles. The van der Waals surface area contributed by atoms with Gasteiger partial charge in [-0.25, -0.2) is 0 Å². The Morgan fingerprint density at radius 3 is 2.87 bits per heavy atom. The number of hydrogen-bond donors (Lipinski definition) is 1. The van der Waals surface area contributed by atoms with Crippen LogP contribution in [0.3, 0.4) is 0 Å². The Balaban J connectivity index is 0.00000112. The van der Waals surface area contributed by atoms with Gasteiger partial charge in [-0.1, -0.05) is 20.3 Å². The first kappa shape index (κ1) is 12.5. The molecule has 2 rings (SSSR count). The number of esters is 1. The molecule has 0 aromatic rings. The highest BCUT2D eigenvalue weighted by molar-refractivity contribution is 5.77. The smallest absolute Gasteiger partial charge is 0.311 e. The largest absolute Gasteiger partial charge is 0.469 e. The second-order valence-electron chi connectivity index (χ2n) is 4.93. The fourth-order valence-corrected chi connectivity index (χ4v) is 3.37. The van der Waals surface area contributed by atoms with E-state index in [-0.39, 0.29) is 24.9 Å². The Hall–Kier alpha value is -0.570. The summed E-state index contributed by atoms with van der Waals surface area (Å²) in [4.78, 5) is 11.8. The van der Waals surface area contributed by atoms with Gasteiger partial charge in [0.05, 0.1) is 12.5 Å². The molecule has 0 spiro atoms. The van der Waals surface area contributed by atoms with Crippen LogP contribution >= 0.6 is 0 Å². The first-order chi connectivity index (χ1) is 6.66. The average molecular weight is 211 g/mol. The molecule has 0 saturated heterocycles. The van der Waals surface area contributed by atoms with E-state index in [1.807, 2.05) is 0 Å². The summed E-state index contributed by atoms with van der Waals surface area (Å²) in [7, 11) is 1.49. The van der Waals surface area contributed by atoms with Crippen molar-refractivity contribution in [3.05, 3.63) is 7.43 Å². The Kier molecular flexibility index (Phi) is 3.77. The van der Waals surface area contributed by atoms with Gasteiger partial charge in [0.1, 0.15) is 0 Å². The number of hydrogen-bond acceptors (Lipinski definition) is 3. The van der Waals surface area contributed by atoms with Crippen molar-refractivity contribution in [1.82, 2.24) is 0 Å². The Morgan fingerprint density at radius 2 is 2.20 bits per heavy atom. The summed E-state index contributed by atoms with van der Waals surface area (Å²) in [6.45, 7) is 0. The van der Waals surface area contributed by atoms with Crippen LogP contribution in [0.4, 0.5) is 0 Å². The minimum absolute atomic E-state index is 0. The molecular formula is C12H21NO2. The second kappa shape index (κ2) is 4.52. The molecule has 2 fully saturated rings. The standard InChI is InChI=1S/C11H19NO2.CH2/c1-14-10(13)11-4-2-3-8(6-11)5-9(12)7-11;/h8-9H,2-7,12H2,1H3;1H2. The lowest BCUT2D eigenvalue weighted by Gasteiger charge is -2.45. The van der Waals surface area contributed by atoms with Crippen LogP contribution in [0.2, 0.25) is 0 Å². The lowest BCUT2D eigenvalue weighted by molar-refractivity contribution is -0.159. The molecule has 15 heavy (non-hydrogen) atoms. The van der Waals surface area contributed by atoms with E-state index < -0.39 is 0 Å². The summed E-state index contributed by atoms with van der Waals surface area (Å²) in [5.74, 6) is 0.629. The van der Waals surface area contributed by atoms with Crippen molar-refractivity contribution in [2.75, 3.05) is 7.11 Å². The Morgan fingerprint density at radius 1 is 1.47 bits per heavy atom. The van der Waals surface area contributed by atoms with Gasteiger partial charge in [-0.05, 0) is 31.6 Å². The summed E-state index contributed by atoms with van der Waals surface area (Å²) in [6, 6.07) is 0.202. The van der Waals surface area contributed by atoms with Crippen LogP contribution in [0.1, 0.15) is 38.5 Å². The highest BCUT2D eigenvalue weighted by Gasteiger charge is 2.47. The Labute approximate surface area is 92.4 Å². The zero-order valence-corrected chi connectivity index (χ0v) is 9.50. The van der Waals surface area contributed by atoms with Crippen molar-refractivity contribution in [3.63, 3.8) is 0 Å². The van der Waals surface area contributed by atoms with Crippen molar-refractivity contribution in [2.45, 2.75) is 44.6 Å². The lowest BCUT2D eigenvalue weighted by Crippen LogP contribution is -2.47. The molecule has 2 radical (unpaired) electrons. The lowest BCUT2D eigenvalue weighted by atomic mass is 9.61. The third-order valence-corrected chi connectivity index (χ3v) is 3.85. The highest BCUT2D eigenvalue weighted by Crippen LogP contribution is 2.49. The normalized spacial score (nSPS) is 39.1. The molecule has 0 aromatic heterocycles. The second-order valence-corrected chi connectivity index (χ2v) is 4.93. The average Bonchev–Trinajstić information content (AvgIpc) is 2.15. The van der Waals surface area contributed by atoms with Gasteiger partial charge < -0.3 is 10.5 Å². The van der Waals surface area contributed by atoms with E-state index in [9.17, 15) is 4.79 Å². The zero-order valence-electron chi connectivity index (χ0n) is 9.50. The molecule has 2 saturated carbocycles. The van der Waals surface area contributed by atoms with Gasteiger partial charge >= 0.3 is 5.97 Å². The summed E-state index contributed by atoms with van der Waals surface area (Å²) in [6.07, 6.45) is 6.31. The van der Waals surface area contributed by atoms with Crippen LogP contribution in [0, 0.1) is 18.8 Å². The molecule has 3 atom stereocenters. The molecule has 86 valence electrons. The van der Waals surface area contributed by atoms with E-state index >= 15 is 0 Å². The molecule has 2 N–H and O–H groups in total. The van der Waals surface area contributed by atoms with Crippen molar-refractivity contribution in [3.8, 4) is 0 Å². The highest BCUT2D eigenvalue weighted by atomic mass is 16.5. The molecule has 3 nitrogen and oxygen atoms in total. The van der Waals surface area contributed by atoms with Crippen molar-refractivity contribution >= 4 is 5.97 Å². The summed E-state index contributed by atoms with van der Waals surface area (Å²) >= 11 is 0. The fourth-order valence-electron chi connectivity index (χ4n) is 3.37. The van der Waals surface area contributed by atoms with Crippen LogP contribution in [0.5, 0.6) is 0 Å². The van der Waals surface area contributed by atoms with Crippen LogP contribution in [0.15, 0.2) is 0 Å². The maximum absolute atomic E-state index is 11.8. The fraction of sp³-hybridized carbons (Fsp3) is 0.833.